The molecular weight excluding hydrogens is 375 g/mol. The Hall–Kier alpha value is -2.02. The lowest BCUT2D eigenvalue weighted by Crippen LogP contribution is -2.25. The van der Waals surface area contributed by atoms with Crippen LogP contribution in [0, 0.1) is 0 Å². The highest BCUT2D eigenvalue weighted by molar-refractivity contribution is 6.42. The molecule has 1 aromatic carbocycles. The van der Waals surface area contributed by atoms with Crippen molar-refractivity contribution >= 4 is 57.9 Å². The third-order valence-corrected chi connectivity index (χ3v) is 4.21. The summed E-state index contributed by atoms with van der Waals surface area (Å²) >= 11 is 17.7. The standard InChI is InChI=1S/C15H11Cl3N4O2/c1-7(21-22-15-10(17)5-9(16)14(18)20-15)8-2-3-12-11(4-8)19-13(23)6-24-12/h2-5H,6H2,1H3,(H,19,23)(H,20,22). The minimum atomic E-state index is -0.195. The van der Waals surface area contributed by atoms with Crippen molar-refractivity contribution in [2.75, 3.05) is 17.3 Å². The lowest BCUT2D eigenvalue weighted by Gasteiger charge is -2.18. The predicted octanol–water partition coefficient (Wildman–Crippen LogP) is 4.21. The van der Waals surface area contributed by atoms with E-state index in [9.17, 15) is 4.79 Å². The number of benzene rings is 1. The van der Waals surface area contributed by atoms with Crippen molar-refractivity contribution in [3.63, 3.8) is 0 Å². The van der Waals surface area contributed by atoms with Crippen LogP contribution in [0.2, 0.25) is 15.2 Å². The Morgan fingerprint density at radius 2 is 2.08 bits per heavy atom. The first kappa shape index (κ1) is 16.8. The van der Waals surface area contributed by atoms with Gasteiger partial charge in [0.25, 0.3) is 5.91 Å². The fourth-order valence-electron chi connectivity index (χ4n) is 2.03. The summed E-state index contributed by atoms with van der Waals surface area (Å²) in [5, 5.41) is 7.67. The normalized spacial score (nSPS) is 13.8. The molecule has 0 spiro atoms. The summed E-state index contributed by atoms with van der Waals surface area (Å²) in [6.07, 6.45) is 0. The van der Waals surface area contributed by atoms with Crippen LogP contribution in [0.1, 0.15) is 12.5 Å². The molecule has 124 valence electrons. The first-order chi connectivity index (χ1) is 11.4. The molecule has 2 N–H and O–H groups in total. The van der Waals surface area contributed by atoms with Gasteiger partial charge in [-0.2, -0.15) is 5.10 Å². The van der Waals surface area contributed by atoms with Crippen LogP contribution < -0.4 is 15.5 Å². The van der Waals surface area contributed by atoms with E-state index in [4.69, 9.17) is 39.5 Å². The van der Waals surface area contributed by atoms with Crippen LogP contribution in [0.25, 0.3) is 0 Å². The Balaban J connectivity index is 1.83. The molecule has 1 aliphatic rings. The van der Waals surface area contributed by atoms with Crippen LogP contribution >= 0.6 is 34.8 Å². The number of fused-ring (bicyclic) bond motifs is 1. The summed E-state index contributed by atoms with van der Waals surface area (Å²) in [4.78, 5) is 15.4. The maximum Gasteiger partial charge on any atom is 0.262 e. The number of carbonyl (C=O) groups is 1. The molecule has 0 fully saturated rings. The number of halogens is 3. The summed E-state index contributed by atoms with van der Waals surface area (Å²) in [5.74, 6) is 0.715. The molecule has 0 aliphatic carbocycles. The molecule has 9 heteroatoms. The maximum absolute atomic E-state index is 11.4. The average Bonchev–Trinajstić information content (AvgIpc) is 2.56. The lowest BCUT2D eigenvalue weighted by molar-refractivity contribution is -0.118. The average molecular weight is 386 g/mol. The number of rotatable bonds is 3. The highest BCUT2D eigenvalue weighted by Crippen LogP contribution is 2.30. The zero-order valence-corrected chi connectivity index (χ0v) is 14.6. The van der Waals surface area contributed by atoms with E-state index in [1.54, 1.807) is 19.1 Å². The zero-order valence-electron chi connectivity index (χ0n) is 12.4. The van der Waals surface area contributed by atoms with Crippen LogP contribution in [0.5, 0.6) is 5.75 Å². The molecule has 6 nitrogen and oxygen atoms in total. The van der Waals surface area contributed by atoms with Gasteiger partial charge in [-0.25, -0.2) is 4.98 Å². The third kappa shape index (κ3) is 3.56. The third-order valence-electron chi connectivity index (χ3n) is 3.25. The van der Waals surface area contributed by atoms with Gasteiger partial charge in [-0.3, -0.25) is 10.2 Å². The molecule has 1 aliphatic heterocycles. The van der Waals surface area contributed by atoms with Gasteiger partial charge in [0, 0.05) is 0 Å². The second-order valence-electron chi connectivity index (χ2n) is 4.95. The van der Waals surface area contributed by atoms with E-state index in [0.717, 1.165) is 5.56 Å². The van der Waals surface area contributed by atoms with Gasteiger partial charge in [-0.1, -0.05) is 34.8 Å². The first-order valence-electron chi connectivity index (χ1n) is 6.83. The number of ether oxygens (including phenoxy) is 1. The molecule has 0 unspecified atom stereocenters. The first-order valence-corrected chi connectivity index (χ1v) is 7.96. The second kappa shape index (κ2) is 6.84. The van der Waals surface area contributed by atoms with E-state index in [2.05, 4.69) is 20.8 Å². The van der Waals surface area contributed by atoms with Crippen molar-refractivity contribution in [2.45, 2.75) is 6.92 Å². The number of carbonyl (C=O) groups excluding carboxylic acids is 1. The van der Waals surface area contributed by atoms with Crippen molar-refractivity contribution in [1.29, 1.82) is 0 Å². The van der Waals surface area contributed by atoms with Gasteiger partial charge in [0.1, 0.15) is 10.9 Å². The molecule has 0 atom stereocenters. The number of hydrogen-bond donors (Lipinski definition) is 2. The van der Waals surface area contributed by atoms with E-state index in [0.29, 0.717) is 28.0 Å². The highest BCUT2D eigenvalue weighted by Gasteiger charge is 2.16. The summed E-state index contributed by atoms with van der Waals surface area (Å²) in [6.45, 7) is 1.81. The van der Waals surface area contributed by atoms with Crippen molar-refractivity contribution in [1.82, 2.24) is 4.98 Å². The number of amides is 1. The van der Waals surface area contributed by atoms with Gasteiger partial charge in [-0.15, -0.1) is 0 Å². The van der Waals surface area contributed by atoms with Gasteiger partial charge in [-0.05, 0) is 36.8 Å². The van der Waals surface area contributed by atoms with Gasteiger partial charge in [0.05, 0.1) is 21.4 Å². The van der Waals surface area contributed by atoms with Crippen molar-refractivity contribution in [3.8, 4) is 5.75 Å². The van der Waals surface area contributed by atoms with Gasteiger partial charge in [0.15, 0.2) is 12.4 Å². The molecule has 1 aromatic heterocycles. The second-order valence-corrected chi connectivity index (χ2v) is 6.12. The van der Waals surface area contributed by atoms with Crippen molar-refractivity contribution < 1.29 is 9.53 Å². The monoisotopic (exact) mass is 384 g/mol. The van der Waals surface area contributed by atoms with Crippen LogP contribution in [-0.4, -0.2) is 23.2 Å². The number of hydrogen-bond acceptors (Lipinski definition) is 5. The summed E-state index contributed by atoms with van der Waals surface area (Å²) in [7, 11) is 0. The maximum atomic E-state index is 11.4. The number of nitrogens with one attached hydrogen (secondary N) is 2. The van der Waals surface area contributed by atoms with Gasteiger partial charge >= 0.3 is 0 Å². The molecule has 0 bridgehead atoms. The molecule has 0 saturated heterocycles. The van der Waals surface area contributed by atoms with Crippen LogP contribution in [0.15, 0.2) is 29.4 Å². The molecule has 2 heterocycles. The Labute approximate surface area is 152 Å². The van der Waals surface area contributed by atoms with Crippen LogP contribution in [0.3, 0.4) is 0 Å². The Morgan fingerprint density at radius 3 is 2.88 bits per heavy atom. The molecule has 2 aromatic rings. The molecule has 0 radical (unpaired) electrons. The number of anilines is 2. The Kier molecular flexibility index (Phi) is 4.80. The van der Waals surface area contributed by atoms with Gasteiger partial charge in [0.2, 0.25) is 0 Å². The molecule has 24 heavy (non-hydrogen) atoms. The summed E-state index contributed by atoms with van der Waals surface area (Å²) < 4.78 is 5.32. The number of aromatic nitrogens is 1. The quantitative estimate of drug-likeness (QED) is 0.471. The lowest BCUT2D eigenvalue weighted by atomic mass is 10.1. The minimum Gasteiger partial charge on any atom is -0.482 e. The van der Waals surface area contributed by atoms with E-state index < -0.39 is 0 Å². The van der Waals surface area contributed by atoms with Gasteiger partial charge < -0.3 is 10.1 Å². The smallest absolute Gasteiger partial charge is 0.262 e. The van der Waals surface area contributed by atoms with E-state index in [1.807, 2.05) is 6.07 Å². The Bertz CT molecular complexity index is 855. The topological polar surface area (TPSA) is 75.6 Å². The molecular formula is C15H11Cl3N4O2. The minimum absolute atomic E-state index is 0.0163. The molecule has 1 amide bonds. The summed E-state index contributed by atoms with van der Waals surface area (Å²) in [5.41, 5.74) is 4.80. The number of pyridine rings is 1. The van der Waals surface area contributed by atoms with E-state index >= 15 is 0 Å². The zero-order chi connectivity index (χ0) is 17.3. The van der Waals surface area contributed by atoms with Crippen LogP contribution in [0.4, 0.5) is 11.5 Å². The summed E-state index contributed by atoms with van der Waals surface area (Å²) in [6, 6.07) is 6.86. The number of nitrogens with zero attached hydrogens (tertiary/aromatic N) is 2. The highest BCUT2D eigenvalue weighted by atomic mass is 35.5. The predicted molar refractivity (Wildman–Crippen MR) is 95.7 cm³/mol. The largest absolute Gasteiger partial charge is 0.482 e. The fraction of sp³-hybridized carbons (Fsp3) is 0.133. The van der Waals surface area contributed by atoms with E-state index in [-0.39, 0.29) is 22.7 Å². The fourth-order valence-corrected chi connectivity index (χ4v) is 2.57. The van der Waals surface area contributed by atoms with E-state index in [1.165, 1.54) is 6.07 Å². The molecule has 3 rings (SSSR count). The van der Waals surface area contributed by atoms with Crippen molar-refractivity contribution in [3.05, 3.63) is 45.0 Å². The van der Waals surface area contributed by atoms with Crippen molar-refractivity contribution in [2.24, 2.45) is 5.10 Å². The Morgan fingerprint density at radius 1 is 1.29 bits per heavy atom. The SMILES string of the molecule is CC(=NNc1nc(Cl)c(Cl)cc1Cl)c1ccc2c(c1)NC(=O)CO2. The molecule has 0 saturated carbocycles. The van der Waals surface area contributed by atoms with Crippen LogP contribution in [-0.2, 0) is 4.79 Å². The number of hydrazone groups is 1.